The quantitative estimate of drug-likeness (QED) is 0.917. The topological polar surface area (TPSA) is 66.8 Å². The van der Waals surface area contributed by atoms with Gasteiger partial charge < -0.3 is 14.7 Å². The van der Waals surface area contributed by atoms with E-state index in [1.165, 1.54) is 17.0 Å². The molecule has 1 aromatic rings. The minimum absolute atomic E-state index is 0.0475. The predicted molar refractivity (Wildman–Crippen MR) is 73.4 cm³/mol. The fourth-order valence-corrected chi connectivity index (χ4v) is 2.47. The van der Waals surface area contributed by atoms with E-state index in [0.717, 1.165) is 5.56 Å². The van der Waals surface area contributed by atoms with Crippen molar-refractivity contribution in [1.29, 1.82) is 0 Å². The van der Waals surface area contributed by atoms with Crippen LogP contribution in [-0.2, 0) is 14.3 Å². The number of hydrogen-bond donors (Lipinski definition) is 1. The fourth-order valence-electron chi connectivity index (χ4n) is 2.47. The number of benzene rings is 1. The van der Waals surface area contributed by atoms with E-state index >= 15 is 0 Å². The summed E-state index contributed by atoms with van der Waals surface area (Å²) in [6.07, 6.45) is -0.409. The number of halogens is 1. The highest BCUT2D eigenvalue weighted by Gasteiger charge is 2.32. The van der Waals surface area contributed by atoms with Gasteiger partial charge in [-0.1, -0.05) is 19.1 Å². The normalized spacial score (nSPS) is 20.1. The minimum atomic E-state index is -1.07. The van der Waals surface area contributed by atoms with E-state index in [4.69, 9.17) is 9.84 Å². The Morgan fingerprint density at radius 3 is 2.67 bits per heavy atom. The van der Waals surface area contributed by atoms with Gasteiger partial charge in [0.25, 0.3) is 0 Å². The molecule has 5 nitrogen and oxygen atoms in total. The minimum Gasteiger partial charge on any atom is -0.479 e. The molecular formula is C15H18FNO4. The smallest absolute Gasteiger partial charge is 0.334 e. The number of nitrogens with zero attached hydrogens (tertiary/aromatic N) is 1. The average molecular weight is 295 g/mol. The molecule has 0 spiro atoms. The maximum atomic E-state index is 13.0. The first-order valence-electron chi connectivity index (χ1n) is 6.91. The molecule has 0 aromatic heterocycles. The Morgan fingerprint density at radius 2 is 2.10 bits per heavy atom. The molecule has 0 radical (unpaired) electrons. The number of carboxylic acid groups (broad SMARTS) is 1. The van der Waals surface area contributed by atoms with Gasteiger partial charge in [-0.2, -0.15) is 0 Å². The summed E-state index contributed by atoms with van der Waals surface area (Å²) in [5.74, 6) is -1.95. The molecule has 0 saturated carbocycles. The zero-order valence-electron chi connectivity index (χ0n) is 11.8. The Balaban J connectivity index is 2.12. The SMILES string of the molecule is CCC(C(=O)N1CCOC(C(=O)O)C1)c1ccc(F)cc1. The summed E-state index contributed by atoms with van der Waals surface area (Å²) in [4.78, 5) is 25.0. The number of rotatable bonds is 4. The van der Waals surface area contributed by atoms with Crippen LogP contribution in [0.3, 0.4) is 0 Å². The van der Waals surface area contributed by atoms with Gasteiger partial charge in [0.15, 0.2) is 6.10 Å². The second-order valence-corrected chi connectivity index (χ2v) is 4.99. The van der Waals surface area contributed by atoms with Crippen LogP contribution >= 0.6 is 0 Å². The first kappa shape index (κ1) is 15.4. The molecule has 1 aliphatic rings. The Bertz CT molecular complexity index is 517. The Kier molecular flexibility index (Phi) is 4.90. The zero-order chi connectivity index (χ0) is 15.4. The first-order chi connectivity index (χ1) is 10.0. The van der Waals surface area contributed by atoms with Gasteiger partial charge >= 0.3 is 5.97 Å². The van der Waals surface area contributed by atoms with E-state index in [1.54, 1.807) is 12.1 Å². The molecule has 0 bridgehead atoms. The lowest BCUT2D eigenvalue weighted by Crippen LogP contribution is -2.49. The lowest BCUT2D eigenvalue weighted by molar-refractivity contribution is -0.159. The number of carbonyl (C=O) groups is 2. The third-order valence-electron chi connectivity index (χ3n) is 3.63. The third kappa shape index (κ3) is 3.58. The molecule has 1 aliphatic heterocycles. The van der Waals surface area contributed by atoms with Crippen LogP contribution in [0.5, 0.6) is 0 Å². The Labute approximate surface area is 122 Å². The summed E-state index contributed by atoms with van der Waals surface area (Å²) in [6.45, 7) is 2.51. The lowest BCUT2D eigenvalue weighted by Gasteiger charge is -2.33. The number of aliphatic carboxylic acids is 1. The van der Waals surface area contributed by atoms with Gasteiger partial charge in [-0.15, -0.1) is 0 Å². The van der Waals surface area contributed by atoms with Gasteiger partial charge in [-0.05, 0) is 24.1 Å². The fraction of sp³-hybridized carbons (Fsp3) is 0.467. The van der Waals surface area contributed by atoms with Gasteiger partial charge in [0.05, 0.1) is 19.1 Å². The van der Waals surface area contributed by atoms with Crippen molar-refractivity contribution >= 4 is 11.9 Å². The zero-order valence-corrected chi connectivity index (χ0v) is 11.8. The summed E-state index contributed by atoms with van der Waals surface area (Å²) in [5, 5.41) is 8.98. The number of carbonyl (C=O) groups excluding carboxylic acids is 1. The van der Waals surface area contributed by atoms with Crippen LogP contribution in [0, 0.1) is 5.82 Å². The molecule has 0 aliphatic carbocycles. The molecule has 1 amide bonds. The van der Waals surface area contributed by atoms with Crippen molar-refractivity contribution in [3.05, 3.63) is 35.6 Å². The second-order valence-electron chi connectivity index (χ2n) is 4.99. The van der Waals surface area contributed by atoms with Crippen molar-refractivity contribution in [1.82, 2.24) is 4.90 Å². The summed E-state index contributed by atoms with van der Waals surface area (Å²) in [7, 11) is 0. The van der Waals surface area contributed by atoms with Crippen LogP contribution in [0.25, 0.3) is 0 Å². The number of carboxylic acids is 1. The van der Waals surface area contributed by atoms with E-state index in [0.29, 0.717) is 13.0 Å². The van der Waals surface area contributed by atoms with Crippen molar-refractivity contribution < 1.29 is 23.8 Å². The van der Waals surface area contributed by atoms with E-state index in [1.807, 2.05) is 6.92 Å². The Morgan fingerprint density at radius 1 is 1.43 bits per heavy atom. The molecule has 2 atom stereocenters. The molecule has 1 aromatic carbocycles. The molecule has 2 rings (SSSR count). The molecule has 1 fully saturated rings. The van der Waals surface area contributed by atoms with Crippen LogP contribution in [0.15, 0.2) is 24.3 Å². The number of ether oxygens (including phenoxy) is 1. The first-order valence-corrected chi connectivity index (χ1v) is 6.91. The van der Waals surface area contributed by atoms with E-state index in [2.05, 4.69) is 0 Å². The maximum Gasteiger partial charge on any atom is 0.334 e. The van der Waals surface area contributed by atoms with Crippen LogP contribution in [0.1, 0.15) is 24.8 Å². The molecule has 1 N–H and O–H groups in total. The number of amides is 1. The predicted octanol–water partition coefficient (Wildman–Crippen LogP) is 1.63. The highest BCUT2D eigenvalue weighted by Crippen LogP contribution is 2.23. The van der Waals surface area contributed by atoms with Crippen molar-refractivity contribution in [2.24, 2.45) is 0 Å². The monoisotopic (exact) mass is 295 g/mol. The van der Waals surface area contributed by atoms with Gasteiger partial charge in [0.2, 0.25) is 5.91 Å². The molecule has 114 valence electrons. The molecule has 1 saturated heterocycles. The van der Waals surface area contributed by atoms with Crippen molar-refractivity contribution in [2.75, 3.05) is 19.7 Å². The molecule has 2 unspecified atom stereocenters. The summed E-state index contributed by atoms with van der Waals surface area (Å²) >= 11 is 0. The average Bonchev–Trinajstić information content (AvgIpc) is 2.50. The van der Waals surface area contributed by atoms with Crippen LogP contribution < -0.4 is 0 Å². The highest BCUT2D eigenvalue weighted by molar-refractivity contribution is 5.84. The standard InChI is InChI=1S/C15H18FNO4/c1-2-12(10-3-5-11(16)6-4-10)14(18)17-7-8-21-13(9-17)15(19)20/h3-6,12-13H,2,7-9H2,1H3,(H,19,20). The molecule has 21 heavy (non-hydrogen) atoms. The van der Waals surface area contributed by atoms with E-state index in [-0.39, 0.29) is 24.9 Å². The molecular weight excluding hydrogens is 277 g/mol. The number of hydrogen-bond acceptors (Lipinski definition) is 3. The Hall–Kier alpha value is -1.95. The lowest BCUT2D eigenvalue weighted by atomic mass is 9.94. The van der Waals surface area contributed by atoms with Crippen molar-refractivity contribution in [3.8, 4) is 0 Å². The summed E-state index contributed by atoms with van der Waals surface area (Å²) in [6, 6.07) is 5.84. The third-order valence-corrected chi connectivity index (χ3v) is 3.63. The van der Waals surface area contributed by atoms with Gasteiger partial charge in [0, 0.05) is 6.54 Å². The summed E-state index contributed by atoms with van der Waals surface area (Å²) < 4.78 is 18.1. The van der Waals surface area contributed by atoms with Crippen LogP contribution in [-0.4, -0.2) is 47.7 Å². The van der Waals surface area contributed by atoms with E-state index in [9.17, 15) is 14.0 Å². The number of morpholine rings is 1. The molecule has 6 heteroatoms. The highest BCUT2D eigenvalue weighted by atomic mass is 19.1. The van der Waals surface area contributed by atoms with E-state index < -0.39 is 18.0 Å². The van der Waals surface area contributed by atoms with Crippen LogP contribution in [0.2, 0.25) is 0 Å². The molecule has 1 heterocycles. The van der Waals surface area contributed by atoms with Gasteiger partial charge in [-0.25, -0.2) is 9.18 Å². The van der Waals surface area contributed by atoms with Gasteiger partial charge in [-0.3, -0.25) is 4.79 Å². The summed E-state index contributed by atoms with van der Waals surface area (Å²) in [5.41, 5.74) is 0.738. The van der Waals surface area contributed by atoms with Gasteiger partial charge in [0.1, 0.15) is 5.82 Å². The van der Waals surface area contributed by atoms with Crippen molar-refractivity contribution in [3.63, 3.8) is 0 Å². The van der Waals surface area contributed by atoms with Crippen molar-refractivity contribution in [2.45, 2.75) is 25.4 Å². The second kappa shape index (κ2) is 6.67. The maximum absolute atomic E-state index is 13.0. The van der Waals surface area contributed by atoms with Crippen LogP contribution in [0.4, 0.5) is 4.39 Å². The largest absolute Gasteiger partial charge is 0.479 e.